The molecule has 0 radical (unpaired) electrons. The van der Waals surface area contributed by atoms with E-state index in [9.17, 15) is 13.2 Å². The Balaban J connectivity index is 0.000000604. The molecule has 0 unspecified atom stereocenters. The van der Waals surface area contributed by atoms with Crippen LogP contribution in [0.1, 0.15) is 12.5 Å². The van der Waals surface area contributed by atoms with Crippen LogP contribution in [0.25, 0.3) is 0 Å². The number of carbonyl (C=O) groups excluding carboxylic acids is 1. The molecule has 1 aliphatic rings. The molecular formula is C22H27N3O8S. The number of anilines is 1. The summed E-state index contributed by atoms with van der Waals surface area (Å²) >= 11 is 0. The standard InChI is InChI=1S/C20H25N3O4S.C2H2O4/c1-16(24)21-18-5-9-20(10-6-18)28(25,26)23-13-11-22(12-14-23)15-17-3-7-19(27-2)8-4-17;3-1(4)2(5)6/h3-10H,11-15H2,1-2H3,(H,21,24);(H,3,4)(H,5,6). The van der Waals surface area contributed by atoms with Gasteiger partial charge in [0.25, 0.3) is 0 Å². The number of carboxylic acids is 2. The summed E-state index contributed by atoms with van der Waals surface area (Å²) in [5, 5.41) is 17.4. The third-order valence-electron chi connectivity index (χ3n) is 4.89. The van der Waals surface area contributed by atoms with Gasteiger partial charge in [-0.15, -0.1) is 0 Å². The van der Waals surface area contributed by atoms with Crippen molar-refractivity contribution in [3.05, 3.63) is 54.1 Å². The number of nitrogens with one attached hydrogen (secondary N) is 1. The summed E-state index contributed by atoms with van der Waals surface area (Å²) in [5.74, 6) is -3.02. The second kappa shape index (κ2) is 12.1. The highest BCUT2D eigenvalue weighted by Gasteiger charge is 2.28. The van der Waals surface area contributed by atoms with Gasteiger partial charge in [-0.1, -0.05) is 12.1 Å². The largest absolute Gasteiger partial charge is 0.497 e. The highest BCUT2D eigenvalue weighted by atomic mass is 32.2. The molecule has 184 valence electrons. The molecule has 11 nitrogen and oxygen atoms in total. The van der Waals surface area contributed by atoms with E-state index in [-0.39, 0.29) is 10.8 Å². The number of benzene rings is 2. The maximum atomic E-state index is 12.9. The van der Waals surface area contributed by atoms with Crippen molar-refractivity contribution in [1.29, 1.82) is 0 Å². The second-order valence-corrected chi connectivity index (χ2v) is 9.28. The van der Waals surface area contributed by atoms with Crippen molar-refractivity contribution in [3.63, 3.8) is 0 Å². The van der Waals surface area contributed by atoms with Crippen molar-refractivity contribution in [2.45, 2.75) is 18.4 Å². The molecule has 2 aromatic rings. The zero-order chi connectivity index (χ0) is 25.3. The number of carboxylic acid groups (broad SMARTS) is 2. The molecule has 0 spiro atoms. The fourth-order valence-corrected chi connectivity index (χ4v) is 4.60. The van der Waals surface area contributed by atoms with Gasteiger partial charge in [-0.3, -0.25) is 9.69 Å². The molecular weight excluding hydrogens is 466 g/mol. The molecule has 0 aliphatic carbocycles. The third kappa shape index (κ3) is 7.83. The molecule has 0 bridgehead atoms. The molecule has 0 saturated carbocycles. The molecule has 0 aromatic heterocycles. The number of rotatable bonds is 6. The molecule has 12 heteroatoms. The molecule has 0 atom stereocenters. The Hall–Kier alpha value is -3.48. The molecule has 1 heterocycles. The SMILES string of the molecule is COc1ccc(CN2CCN(S(=O)(=O)c3ccc(NC(C)=O)cc3)CC2)cc1.O=C(O)C(=O)O. The van der Waals surface area contributed by atoms with Gasteiger partial charge in [0.1, 0.15) is 5.75 Å². The summed E-state index contributed by atoms with van der Waals surface area (Å²) in [6.07, 6.45) is 0. The van der Waals surface area contributed by atoms with E-state index in [2.05, 4.69) is 10.2 Å². The van der Waals surface area contributed by atoms with Gasteiger partial charge < -0.3 is 20.3 Å². The van der Waals surface area contributed by atoms with E-state index in [1.54, 1.807) is 19.2 Å². The Labute approximate surface area is 197 Å². The van der Waals surface area contributed by atoms with E-state index in [1.165, 1.54) is 28.9 Å². The Morgan fingerprint density at radius 2 is 1.44 bits per heavy atom. The third-order valence-corrected chi connectivity index (χ3v) is 6.80. The van der Waals surface area contributed by atoms with Crippen LogP contribution in [0.15, 0.2) is 53.4 Å². The maximum absolute atomic E-state index is 12.9. The number of hydrogen-bond acceptors (Lipinski definition) is 7. The van der Waals surface area contributed by atoms with Crippen molar-refractivity contribution in [3.8, 4) is 5.75 Å². The number of aliphatic carboxylic acids is 2. The first-order chi connectivity index (χ1) is 16.0. The van der Waals surface area contributed by atoms with Crippen molar-refractivity contribution in [1.82, 2.24) is 9.21 Å². The minimum absolute atomic E-state index is 0.191. The molecule has 1 amide bonds. The second-order valence-electron chi connectivity index (χ2n) is 7.34. The van der Waals surface area contributed by atoms with Gasteiger partial charge in [0.15, 0.2) is 0 Å². The number of hydrogen-bond donors (Lipinski definition) is 3. The van der Waals surface area contributed by atoms with E-state index in [0.29, 0.717) is 31.9 Å². The van der Waals surface area contributed by atoms with Gasteiger partial charge in [0.05, 0.1) is 12.0 Å². The van der Waals surface area contributed by atoms with E-state index in [0.717, 1.165) is 12.3 Å². The normalized spacial score (nSPS) is 14.4. The van der Waals surface area contributed by atoms with Crippen molar-refractivity contribution >= 4 is 33.6 Å². The first-order valence-corrected chi connectivity index (χ1v) is 11.7. The molecule has 3 rings (SSSR count). The summed E-state index contributed by atoms with van der Waals surface area (Å²) in [4.78, 5) is 31.8. The van der Waals surface area contributed by atoms with E-state index in [1.807, 2.05) is 24.3 Å². The Bertz CT molecular complexity index is 1080. The molecule has 1 aliphatic heterocycles. The summed E-state index contributed by atoms with van der Waals surface area (Å²) in [7, 11) is -1.89. The van der Waals surface area contributed by atoms with Crippen molar-refractivity contribution in [2.24, 2.45) is 0 Å². The van der Waals surface area contributed by atoms with Crippen LogP contribution < -0.4 is 10.1 Å². The fraction of sp³-hybridized carbons (Fsp3) is 0.318. The van der Waals surface area contributed by atoms with Crippen LogP contribution in [0.2, 0.25) is 0 Å². The van der Waals surface area contributed by atoms with Crippen LogP contribution in [0.5, 0.6) is 5.75 Å². The number of carbonyl (C=O) groups is 3. The number of sulfonamides is 1. The lowest BCUT2D eigenvalue weighted by atomic mass is 10.2. The Morgan fingerprint density at radius 3 is 1.88 bits per heavy atom. The molecule has 3 N–H and O–H groups in total. The minimum Gasteiger partial charge on any atom is -0.497 e. The Morgan fingerprint density at radius 1 is 0.912 bits per heavy atom. The van der Waals surface area contributed by atoms with Crippen molar-refractivity contribution in [2.75, 3.05) is 38.6 Å². The lowest BCUT2D eigenvalue weighted by Crippen LogP contribution is -2.48. The van der Waals surface area contributed by atoms with Crippen LogP contribution >= 0.6 is 0 Å². The lowest BCUT2D eigenvalue weighted by molar-refractivity contribution is -0.159. The first-order valence-electron chi connectivity index (χ1n) is 10.2. The van der Waals surface area contributed by atoms with E-state index >= 15 is 0 Å². The van der Waals surface area contributed by atoms with Crippen LogP contribution in [-0.4, -0.2) is 79.0 Å². The molecule has 1 fully saturated rings. The van der Waals surface area contributed by atoms with Gasteiger partial charge in [0.2, 0.25) is 15.9 Å². The summed E-state index contributed by atoms with van der Waals surface area (Å²) in [6.45, 7) is 4.45. The topological polar surface area (TPSA) is 154 Å². The quantitative estimate of drug-likeness (QED) is 0.506. The number of ether oxygens (including phenoxy) is 1. The van der Waals surface area contributed by atoms with Gasteiger partial charge in [-0.05, 0) is 42.0 Å². The maximum Gasteiger partial charge on any atom is 0.414 e. The fourth-order valence-electron chi connectivity index (χ4n) is 3.18. The van der Waals surface area contributed by atoms with E-state index in [4.69, 9.17) is 24.5 Å². The number of methoxy groups -OCH3 is 1. The molecule has 2 aromatic carbocycles. The first kappa shape index (κ1) is 26.8. The molecule has 34 heavy (non-hydrogen) atoms. The van der Waals surface area contributed by atoms with Crippen LogP contribution in [-0.2, 0) is 31.0 Å². The van der Waals surface area contributed by atoms with Gasteiger partial charge >= 0.3 is 11.9 Å². The predicted octanol–water partition coefficient (Wildman–Crippen LogP) is 1.32. The average Bonchev–Trinajstić information content (AvgIpc) is 2.80. The molecule has 1 saturated heterocycles. The summed E-state index contributed by atoms with van der Waals surface area (Å²) < 4.78 is 32.4. The highest BCUT2D eigenvalue weighted by Crippen LogP contribution is 2.21. The lowest BCUT2D eigenvalue weighted by Gasteiger charge is -2.34. The summed E-state index contributed by atoms with van der Waals surface area (Å²) in [6, 6.07) is 14.2. The van der Waals surface area contributed by atoms with Crippen LogP contribution in [0.4, 0.5) is 5.69 Å². The monoisotopic (exact) mass is 493 g/mol. The zero-order valence-electron chi connectivity index (χ0n) is 18.8. The minimum atomic E-state index is -3.54. The van der Waals surface area contributed by atoms with Gasteiger partial charge in [0, 0.05) is 45.3 Å². The summed E-state index contributed by atoms with van der Waals surface area (Å²) in [5.41, 5.74) is 1.75. The van der Waals surface area contributed by atoms with Crippen molar-refractivity contribution < 1.29 is 37.8 Å². The number of nitrogens with zero attached hydrogens (tertiary/aromatic N) is 2. The zero-order valence-corrected chi connectivity index (χ0v) is 19.6. The Kier molecular flexibility index (Phi) is 9.54. The van der Waals surface area contributed by atoms with Gasteiger partial charge in [-0.25, -0.2) is 18.0 Å². The predicted molar refractivity (Wildman–Crippen MR) is 123 cm³/mol. The smallest absolute Gasteiger partial charge is 0.414 e. The highest BCUT2D eigenvalue weighted by molar-refractivity contribution is 7.89. The average molecular weight is 494 g/mol. The van der Waals surface area contributed by atoms with Crippen LogP contribution in [0.3, 0.4) is 0 Å². The van der Waals surface area contributed by atoms with Crippen LogP contribution in [0, 0.1) is 0 Å². The number of piperazine rings is 1. The van der Waals surface area contributed by atoms with Gasteiger partial charge in [-0.2, -0.15) is 4.31 Å². The van der Waals surface area contributed by atoms with E-state index < -0.39 is 22.0 Å². The number of amides is 1.